The Morgan fingerprint density at radius 1 is 0.714 bits per heavy atom. The Hall–Kier alpha value is -2.94. The number of rotatable bonds is 2. The minimum atomic E-state index is -0.602. The van der Waals surface area contributed by atoms with E-state index >= 15 is 4.39 Å². The summed E-state index contributed by atoms with van der Waals surface area (Å²) < 4.78 is 36.1. The van der Waals surface area contributed by atoms with Crippen LogP contribution in [0.25, 0.3) is 32.7 Å². The lowest BCUT2D eigenvalue weighted by atomic mass is 9.89. The maximum atomic E-state index is 15.2. The molecule has 0 saturated carbocycles. The Balaban J connectivity index is 2.22. The first-order chi connectivity index (χ1) is 13.3. The van der Waals surface area contributed by atoms with Gasteiger partial charge >= 0.3 is 0 Å². The molecule has 0 amide bonds. The van der Waals surface area contributed by atoms with E-state index in [9.17, 15) is 4.39 Å². The maximum absolute atomic E-state index is 15.2. The quantitative estimate of drug-likeness (QED) is 0.353. The molecule has 4 aromatic rings. The molecule has 0 bridgehead atoms. The summed E-state index contributed by atoms with van der Waals surface area (Å²) in [6, 6.07) is 18.2. The van der Waals surface area contributed by atoms with Crippen molar-refractivity contribution in [1.29, 1.82) is 0 Å². The van der Waals surface area contributed by atoms with Crippen molar-refractivity contribution in [3.05, 3.63) is 77.9 Å². The normalized spacial score (nSPS) is 11.9. The van der Waals surface area contributed by atoms with Gasteiger partial charge in [0.25, 0.3) is 0 Å². The molecule has 3 heteroatoms. The SMILES string of the molecule is Cc1c(F)cc2ccccc2c1-c1c(OC(C)(C)C)c(F)cc2ccccc12. The molecule has 0 aliphatic carbocycles. The summed E-state index contributed by atoms with van der Waals surface area (Å²) >= 11 is 0. The van der Waals surface area contributed by atoms with Crippen molar-refractivity contribution in [3.63, 3.8) is 0 Å². The number of hydrogen-bond acceptors (Lipinski definition) is 1. The highest BCUT2D eigenvalue weighted by Crippen LogP contribution is 2.45. The number of fused-ring (bicyclic) bond motifs is 2. The summed E-state index contributed by atoms with van der Waals surface area (Å²) in [5, 5.41) is 3.23. The molecular formula is C25H22F2O. The molecule has 0 saturated heterocycles. The molecule has 28 heavy (non-hydrogen) atoms. The van der Waals surface area contributed by atoms with Crippen LogP contribution < -0.4 is 4.74 Å². The van der Waals surface area contributed by atoms with Gasteiger partial charge in [-0.15, -0.1) is 0 Å². The Morgan fingerprint density at radius 2 is 1.21 bits per heavy atom. The van der Waals surface area contributed by atoms with Crippen LogP contribution in [0.4, 0.5) is 8.78 Å². The number of hydrogen-bond donors (Lipinski definition) is 0. The molecular weight excluding hydrogens is 354 g/mol. The van der Waals surface area contributed by atoms with E-state index in [4.69, 9.17) is 4.74 Å². The zero-order valence-corrected chi connectivity index (χ0v) is 16.4. The molecule has 0 radical (unpaired) electrons. The van der Waals surface area contributed by atoms with Crippen molar-refractivity contribution in [2.45, 2.75) is 33.3 Å². The number of ether oxygens (including phenoxy) is 1. The fourth-order valence-corrected chi connectivity index (χ4v) is 3.69. The predicted molar refractivity (Wildman–Crippen MR) is 112 cm³/mol. The summed E-state index contributed by atoms with van der Waals surface area (Å²) in [7, 11) is 0. The first-order valence-corrected chi connectivity index (χ1v) is 9.35. The first-order valence-electron chi connectivity index (χ1n) is 9.35. The van der Waals surface area contributed by atoms with Crippen LogP contribution in [-0.4, -0.2) is 5.60 Å². The Morgan fingerprint density at radius 3 is 1.79 bits per heavy atom. The lowest BCUT2D eigenvalue weighted by Crippen LogP contribution is -2.24. The van der Waals surface area contributed by atoms with Gasteiger partial charge in [-0.05, 0) is 72.5 Å². The summed E-state index contributed by atoms with van der Waals surface area (Å²) in [5.41, 5.74) is 1.15. The van der Waals surface area contributed by atoms with Crippen LogP contribution >= 0.6 is 0 Å². The second kappa shape index (κ2) is 6.59. The lowest BCUT2D eigenvalue weighted by Gasteiger charge is -2.26. The van der Waals surface area contributed by atoms with Crippen LogP contribution in [0.2, 0.25) is 0 Å². The highest BCUT2D eigenvalue weighted by molar-refractivity contribution is 6.08. The van der Waals surface area contributed by atoms with E-state index in [2.05, 4.69) is 0 Å². The summed E-state index contributed by atoms with van der Waals surface area (Å²) in [5.74, 6) is -0.606. The van der Waals surface area contributed by atoms with E-state index in [-0.39, 0.29) is 11.6 Å². The Bertz CT molecular complexity index is 1200. The lowest BCUT2D eigenvalue weighted by molar-refractivity contribution is 0.125. The molecule has 0 aliphatic rings. The van der Waals surface area contributed by atoms with Gasteiger partial charge in [0.2, 0.25) is 0 Å². The van der Waals surface area contributed by atoms with Gasteiger partial charge in [0, 0.05) is 5.56 Å². The predicted octanol–water partition coefficient (Wildman–Crippen LogP) is 7.42. The van der Waals surface area contributed by atoms with Gasteiger partial charge in [-0.3, -0.25) is 0 Å². The average Bonchev–Trinajstić information content (AvgIpc) is 2.63. The molecule has 0 atom stereocenters. The fourth-order valence-electron chi connectivity index (χ4n) is 3.69. The van der Waals surface area contributed by atoms with Crippen LogP contribution in [0.15, 0.2) is 60.7 Å². The third kappa shape index (κ3) is 3.11. The van der Waals surface area contributed by atoms with Gasteiger partial charge in [-0.2, -0.15) is 0 Å². The number of halogens is 2. The van der Waals surface area contributed by atoms with Gasteiger partial charge in [-0.25, -0.2) is 8.78 Å². The standard InChI is InChI=1S/C25H22F2O/c1-15-20(26)13-16-9-5-7-11-18(16)22(15)23-19-12-8-6-10-17(19)14-21(27)24(23)28-25(2,3)4/h5-14H,1-4H3. The van der Waals surface area contributed by atoms with E-state index in [0.717, 1.165) is 21.5 Å². The zero-order chi connectivity index (χ0) is 20.1. The van der Waals surface area contributed by atoms with Crippen LogP contribution in [-0.2, 0) is 0 Å². The van der Waals surface area contributed by atoms with E-state index in [1.54, 1.807) is 6.92 Å². The van der Waals surface area contributed by atoms with Crippen LogP contribution in [0.3, 0.4) is 0 Å². The molecule has 0 fully saturated rings. The molecule has 142 valence electrons. The molecule has 4 aromatic carbocycles. The molecule has 0 heterocycles. The molecule has 0 aromatic heterocycles. The van der Waals surface area contributed by atoms with E-state index in [1.165, 1.54) is 12.1 Å². The van der Waals surface area contributed by atoms with Crippen LogP contribution in [0.5, 0.6) is 5.75 Å². The topological polar surface area (TPSA) is 9.23 Å². The molecule has 0 N–H and O–H groups in total. The van der Waals surface area contributed by atoms with Crippen molar-refractivity contribution in [3.8, 4) is 16.9 Å². The minimum Gasteiger partial charge on any atom is -0.484 e. The van der Waals surface area contributed by atoms with Crippen molar-refractivity contribution in [1.82, 2.24) is 0 Å². The van der Waals surface area contributed by atoms with Gasteiger partial charge in [0.15, 0.2) is 11.6 Å². The van der Waals surface area contributed by atoms with E-state index < -0.39 is 11.4 Å². The van der Waals surface area contributed by atoms with Crippen molar-refractivity contribution in [2.75, 3.05) is 0 Å². The van der Waals surface area contributed by atoms with Crippen molar-refractivity contribution < 1.29 is 13.5 Å². The molecule has 0 unspecified atom stereocenters. The summed E-state index contributed by atoms with van der Waals surface area (Å²) in [4.78, 5) is 0. The van der Waals surface area contributed by atoms with Crippen molar-refractivity contribution >= 4 is 21.5 Å². The van der Waals surface area contributed by atoms with Gasteiger partial charge in [0.1, 0.15) is 11.4 Å². The van der Waals surface area contributed by atoms with Crippen LogP contribution in [0.1, 0.15) is 26.3 Å². The van der Waals surface area contributed by atoms with Gasteiger partial charge in [-0.1, -0.05) is 48.5 Å². The maximum Gasteiger partial charge on any atom is 0.166 e. The van der Waals surface area contributed by atoms with Gasteiger partial charge < -0.3 is 4.74 Å². The van der Waals surface area contributed by atoms with E-state index in [1.807, 2.05) is 69.3 Å². The van der Waals surface area contributed by atoms with Crippen molar-refractivity contribution in [2.24, 2.45) is 0 Å². The molecule has 1 nitrogen and oxygen atoms in total. The third-order valence-corrected chi connectivity index (χ3v) is 4.86. The third-order valence-electron chi connectivity index (χ3n) is 4.86. The second-order valence-electron chi connectivity index (χ2n) is 8.08. The smallest absolute Gasteiger partial charge is 0.166 e. The molecule has 0 aliphatic heterocycles. The van der Waals surface area contributed by atoms with E-state index in [0.29, 0.717) is 16.7 Å². The number of benzene rings is 4. The summed E-state index contributed by atoms with van der Waals surface area (Å²) in [6.07, 6.45) is 0. The highest BCUT2D eigenvalue weighted by atomic mass is 19.1. The minimum absolute atomic E-state index is 0.157. The monoisotopic (exact) mass is 376 g/mol. The first kappa shape index (κ1) is 18.4. The second-order valence-corrected chi connectivity index (χ2v) is 8.08. The van der Waals surface area contributed by atoms with Gasteiger partial charge in [0.05, 0.1) is 0 Å². The molecule has 4 rings (SSSR count). The Kier molecular flexibility index (Phi) is 4.34. The van der Waals surface area contributed by atoms with Crippen LogP contribution in [0, 0.1) is 18.6 Å². The largest absolute Gasteiger partial charge is 0.484 e. The summed E-state index contributed by atoms with van der Waals surface area (Å²) in [6.45, 7) is 7.36. The fraction of sp³-hybridized carbons (Fsp3) is 0.200. The Labute approximate surface area is 163 Å². The molecule has 0 spiro atoms. The highest BCUT2D eigenvalue weighted by Gasteiger charge is 2.25. The average molecular weight is 376 g/mol. The zero-order valence-electron chi connectivity index (χ0n) is 16.4.